The van der Waals surface area contributed by atoms with Crippen LogP contribution in [0, 0.1) is 0 Å². The van der Waals surface area contributed by atoms with E-state index in [-0.39, 0.29) is 5.97 Å². The molecule has 29 heavy (non-hydrogen) atoms. The van der Waals surface area contributed by atoms with Gasteiger partial charge in [0.05, 0.1) is 0 Å². The Bertz CT molecular complexity index is 764. The number of hydrogen-bond donors (Lipinski definition) is 0. The highest BCUT2D eigenvalue weighted by Gasteiger charge is 2.09. The van der Waals surface area contributed by atoms with Gasteiger partial charge < -0.3 is 4.84 Å². The van der Waals surface area contributed by atoms with E-state index in [4.69, 9.17) is 4.84 Å². The predicted octanol–water partition coefficient (Wildman–Crippen LogP) is 6.20. The van der Waals surface area contributed by atoms with E-state index < -0.39 is 0 Å². The first-order chi connectivity index (χ1) is 14.3. The number of para-hydroxylation sites is 1. The summed E-state index contributed by atoms with van der Waals surface area (Å²) in [6.45, 7) is 2.24. The maximum Gasteiger partial charge on any atom is 0.335 e. The molecule has 2 aromatic rings. The molecule has 0 aliphatic rings. The summed E-state index contributed by atoms with van der Waals surface area (Å²) in [6, 6.07) is 7.43. The van der Waals surface area contributed by atoms with Gasteiger partial charge in [-0.3, -0.25) is 0 Å². The molecule has 1 aromatic heterocycles. The third-order valence-corrected chi connectivity index (χ3v) is 4.84. The summed E-state index contributed by atoms with van der Waals surface area (Å²) in [5.74, 6) is -0.258. The highest BCUT2D eigenvalue weighted by Crippen LogP contribution is 2.10. The maximum absolute atomic E-state index is 12.0. The van der Waals surface area contributed by atoms with Crippen LogP contribution in [-0.2, 0) is 4.79 Å². The number of benzene rings is 1. The van der Waals surface area contributed by atoms with Crippen molar-refractivity contribution in [3.63, 3.8) is 0 Å². The molecule has 0 saturated carbocycles. The minimum atomic E-state index is -0.258. The molecule has 1 heterocycles. The van der Waals surface area contributed by atoms with E-state index in [9.17, 15) is 4.79 Å². The normalized spacial score (nSPS) is 11.8. The molecule has 158 valence electrons. The van der Waals surface area contributed by atoms with E-state index in [2.05, 4.69) is 41.5 Å². The molecule has 0 aliphatic carbocycles. The summed E-state index contributed by atoms with van der Waals surface area (Å²) < 4.78 is 0. The Morgan fingerprint density at radius 3 is 2.41 bits per heavy atom. The third kappa shape index (κ3) is 9.55. The highest BCUT2D eigenvalue weighted by molar-refractivity contribution is 5.75. The number of hydrogen-bond acceptors (Lipinski definition) is 4. The van der Waals surface area contributed by atoms with Gasteiger partial charge in [0, 0.05) is 6.42 Å². The molecule has 2 rings (SSSR count). The van der Waals surface area contributed by atoms with E-state index in [1.165, 1.54) is 43.4 Å². The molecule has 5 nitrogen and oxygen atoms in total. The van der Waals surface area contributed by atoms with Crippen molar-refractivity contribution in [2.75, 3.05) is 0 Å². The zero-order valence-electron chi connectivity index (χ0n) is 17.8. The fourth-order valence-electron chi connectivity index (χ4n) is 3.14. The summed E-state index contributed by atoms with van der Waals surface area (Å²) in [6.07, 6.45) is 22.4. The first kappa shape index (κ1) is 22.9. The van der Waals surface area contributed by atoms with Gasteiger partial charge in [-0.1, -0.05) is 80.3 Å². The zero-order valence-corrected chi connectivity index (χ0v) is 17.8. The van der Waals surface area contributed by atoms with Crippen LogP contribution in [0.25, 0.3) is 11.0 Å². The van der Waals surface area contributed by atoms with Crippen molar-refractivity contribution in [1.82, 2.24) is 15.2 Å². The maximum atomic E-state index is 12.0. The van der Waals surface area contributed by atoms with E-state index in [1.54, 1.807) is 0 Å². The average molecular weight is 398 g/mol. The molecule has 0 spiro atoms. The Morgan fingerprint density at radius 2 is 1.62 bits per heavy atom. The van der Waals surface area contributed by atoms with Crippen LogP contribution < -0.4 is 4.84 Å². The Labute approximate surface area is 174 Å². The first-order valence-corrected chi connectivity index (χ1v) is 11.1. The van der Waals surface area contributed by atoms with E-state index in [0.717, 1.165) is 37.6 Å². The topological polar surface area (TPSA) is 57.0 Å². The van der Waals surface area contributed by atoms with Crippen LogP contribution in [0.1, 0.15) is 84.0 Å². The molecular formula is C24H35N3O2. The molecule has 0 unspecified atom stereocenters. The monoisotopic (exact) mass is 397 g/mol. The second-order valence-electron chi connectivity index (χ2n) is 7.40. The summed E-state index contributed by atoms with van der Waals surface area (Å²) in [7, 11) is 0. The molecule has 0 aliphatic heterocycles. The Balaban J connectivity index is 1.44. The predicted molar refractivity (Wildman–Crippen MR) is 118 cm³/mol. The first-order valence-electron chi connectivity index (χ1n) is 11.1. The van der Waals surface area contributed by atoms with Gasteiger partial charge in [0.25, 0.3) is 0 Å². The van der Waals surface area contributed by atoms with Crippen molar-refractivity contribution in [3.05, 3.63) is 48.6 Å². The molecule has 0 atom stereocenters. The van der Waals surface area contributed by atoms with E-state index in [1.807, 2.05) is 24.3 Å². The number of aromatic nitrogens is 3. The fraction of sp³-hybridized carbons (Fsp3) is 0.542. The minimum Gasteiger partial charge on any atom is -0.317 e. The minimum absolute atomic E-state index is 0.258. The summed E-state index contributed by atoms with van der Waals surface area (Å²) in [5.41, 5.74) is 1.43. The Morgan fingerprint density at radius 1 is 0.931 bits per heavy atom. The SMILES string of the molecule is CCCCC/C=C\C/C=C\CCCCCCCC(=O)On1nnc2ccccc21. The number of allylic oxidation sites excluding steroid dienone is 4. The summed E-state index contributed by atoms with van der Waals surface area (Å²) in [4.78, 5) is 18.5. The number of carbonyl (C=O) groups is 1. The lowest BCUT2D eigenvalue weighted by Gasteiger charge is -2.03. The van der Waals surface area contributed by atoms with Crippen LogP contribution in [0.15, 0.2) is 48.6 Å². The van der Waals surface area contributed by atoms with Crippen LogP contribution in [0.4, 0.5) is 0 Å². The quantitative estimate of drug-likeness (QED) is 0.204. The van der Waals surface area contributed by atoms with Gasteiger partial charge in [-0.2, -0.15) is 0 Å². The second kappa shape index (κ2) is 14.6. The van der Waals surface area contributed by atoms with Crippen LogP contribution in [0.3, 0.4) is 0 Å². The average Bonchev–Trinajstić information content (AvgIpc) is 3.14. The Kier molecular flexibility index (Phi) is 11.5. The van der Waals surface area contributed by atoms with Gasteiger partial charge in [0.1, 0.15) is 11.0 Å². The van der Waals surface area contributed by atoms with Gasteiger partial charge in [-0.05, 0) is 55.9 Å². The lowest BCUT2D eigenvalue weighted by Crippen LogP contribution is -2.20. The number of nitrogens with zero attached hydrogens (tertiary/aromatic N) is 3. The summed E-state index contributed by atoms with van der Waals surface area (Å²) in [5, 5.41) is 7.84. The molecule has 0 fully saturated rings. The molecule has 1 aromatic carbocycles. The van der Waals surface area contributed by atoms with E-state index >= 15 is 0 Å². The van der Waals surface area contributed by atoms with E-state index in [0.29, 0.717) is 11.9 Å². The van der Waals surface area contributed by atoms with Crippen LogP contribution in [0.2, 0.25) is 0 Å². The van der Waals surface area contributed by atoms with Gasteiger partial charge in [-0.25, -0.2) is 4.79 Å². The van der Waals surface area contributed by atoms with Crippen molar-refractivity contribution < 1.29 is 9.63 Å². The van der Waals surface area contributed by atoms with Crippen molar-refractivity contribution in [1.29, 1.82) is 0 Å². The lowest BCUT2D eigenvalue weighted by molar-refractivity contribution is -0.145. The molecule has 0 radical (unpaired) electrons. The van der Waals surface area contributed by atoms with Crippen molar-refractivity contribution in [3.8, 4) is 0 Å². The van der Waals surface area contributed by atoms with Crippen LogP contribution >= 0.6 is 0 Å². The Hall–Kier alpha value is -2.43. The number of unbranched alkanes of at least 4 members (excludes halogenated alkanes) is 8. The fourth-order valence-corrected chi connectivity index (χ4v) is 3.14. The lowest BCUT2D eigenvalue weighted by atomic mass is 10.1. The molecular weight excluding hydrogens is 362 g/mol. The van der Waals surface area contributed by atoms with Crippen LogP contribution in [0.5, 0.6) is 0 Å². The van der Waals surface area contributed by atoms with Crippen LogP contribution in [-0.4, -0.2) is 21.1 Å². The zero-order chi connectivity index (χ0) is 20.6. The van der Waals surface area contributed by atoms with Crippen molar-refractivity contribution >= 4 is 17.0 Å². The molecule has 0 saturated heterocycles. The molecule has 5 heteroatoms. The smallest absolute Gasteiger partial charge is 0.317 e. The van der Waals surface area contributed by atoms with Gasteiger partial charge in [0.15, 0.2) is 0 Å². The number of rotatable bonds is 15. The van der Waals surface area contributed by atoms with Gasteiger partial charge in [0.2, 0.25) is 0 Å². The number of fused-ring (bicyclic) bond motifs is 1. The van der Waals surface area contributed by atoms with Gasteiger partial charge in [-0.15, -0.1) is 5.10 Å². The standard InChI is InChI=1S/C24H35N3O2/c1-2-3-4-5-6-7-8-9-10-11-12-13-14-15-16-21-24(28)29-27-23-20-18-17-19-22(23)25-26-27/h6-7,9-10,17-20H,2-5,8,11-16,21H2,1H3/b7-6-,10-9-. The van der Waals surface area contributed by atoms with Crippen molar-refractivity contribution in [2.24, 2.45) is 0 Å². The summed E-state index contributed by atoms with van der Waals surface area (Å²) >= 11 is 0. The number of carbonyl (C=O) groups excluding carboxylic acids is 1. The molecule has 0 amide bonds. The largest absolute Gasteiger partial charge is 0.335 e. The van der Waals surface area contributed by atoms with Gasteiger partial charge >= 0.3 is 5.97 Å². The highest BCUT2D eigenvalue weighted by atomic mass is 16.7. The molecule has 0 bridgehead atoms. The second-order valence-corrected chi connectivity index (χ2v) is 7.40. The van der Waals surface area contributed by atoms with Crippen molar-refractivity contribution in [2.45, 2.75) is 84.0 Å². The molecule has 0 N–H and O–H groups in total. The third-order valence-electron chi connectivity index (χ3n) is 4.84.